The molecule has 0 atom stereocenters. The summed E-state index contributed by atoms with van der Waals surface area (Å²) in [6.07, 6.45) is 0. The largest absolute Gasteiger partial charge is 3.00 e. The van der Waals surface area contributed by atoms with E-state index in [4.69, 9.17) is 0 Å². The Morgan fingerprint density at radius 3 is 0.800 bits per heavy atom. The Morgan fingerprint density at radius 2 is 0.800 bits per heavy atom. The van der Waals surface area contributed by atoms with Gasteiger partial charge in [-0.2, -0.15) is 0 Å². The normalized spacial score (nSPS) is 0. The fourth-order valence-electron chi connectivity index (χ4n) is 0. The molecule has 0 aromatic rings. The van der Waals surface area contributed by atoms with Crippen molar-refractivity contribution < 1.29 is 134 Å². The topological polar surface area (TPSA) is 57.0 Å². The fourth-order valence-corrected chi connectivity index (χ4v) is 0. The fraction of sp³-hybridized carbons (Fsp3) is 0. The van der Waals surface area contributed by atoms with Crippen molar-refractivity contribution in [1.29, 1.82) is 0 Å². The van der Waals surface area contributed by atoms with Crippen molar-refractivity contribution in [2.45, 2.75) is 0 Å². The van der Waals surface area contributed by atoms with Gasteiger partial charge in [-0.3, -0.25) is 0 Å². The van der Waals surface area contributed by atoms with Crippen LogP contribution in [0.3, 0.4) is 0 Å². The van der Waals surface area contributed by atoms with Crippen LogP contribution in [-0.4, -0.2) is 0 Å². The van der Waals surface area contributed by atoms with Gasteiger partial charge < -0.3 is 11.0 Å². The van der Waals surface area contributed by atoms with E-state index in [9.17, 15) is 0 Å². The molecule has 0 fully saturated rings. The average Bonchev–Trinajstić information content (AvgIpc) is 0. The molecule has 0 spiro atoms. The first-order chi connectivity index (χ1) is 0. The van der Waals surface area contributed by atoms with Gasteiger partial charge in [0.2, 0.25) is 0 Å². The van der Waals surface area contributed by atoms with Crippen LogP contribution in [0.1, 0.15) is 0 Å². The van der Waals surface area contributed by atoms with Crippen LogP contribution in [0.25, 0.3) is 0 Å². The molecule has 0 heterocycles. The third kappa shape index (κ3) is 18.2. The first kappa shape index (κ1) is 37.3. The maximum Gasteiger partial charge on any atom is 3.00 e. The molecule has 0 aromatic heterocycles. The average molecular weight is 311 g/mol. The van der Waals surface area contributed by atoms with Crippen molar-refractivity contribution in [1.82, 2.24) is 0 Å². The van der Waals surface area contributed by atoms with Gasteiger partial charge in [0.15, 0.2) is 0 Å². The van der Waals surface area contributed by atoms with E-state index in [0.29, 0.717) is 0 Å². The van der Waals surface area contributed by atoms with Gasteiger partial charge in [-0.1, -0.05) is 0 Å². The second-order valence-corrected chi connectivity index (χ2v) is 0. The number of hydrogen-bond donors (Lipinski definition) is 0. The minimum absolute atomic E-state index is 0. The minimum atomic E-state index is 0. The molecule has 0 unspecified atom stereocenters. The standard InChI is InChI=1S/Cs.La.Li.2O/q+1;+3;+1;2*-2. The quantitative estimate of drug-likeness (QED) is 0.400. The van der Waals surface area contributed by atoms with Crippen molar-refractivity contribution in [3.8, 4) is 0 Å². The summed E-state index contributed by atoms with van der Waals surface area (Å²) in [5.74, 6) is 0. The van der Waals surface area contributed by atoms with E-state index in [1.807, 2.05) is 0 Å². The molecule has 5 heteroatoms. The van der Waals surface area contributed by atoms with Crippen LogP contribution in [0.15, 0.2) is 0 Å². The Kier molecular flexibility index (Phi) is 187. The van der Waals surface area contributed by atoms with E-state index in [2.05, 4.69) is 0 Å². The molecule has 16 valence electrons. The zero-order valence-electron chi connectivity index (χ0n) is 3.39. The molecule has 0 amide bonds. The summed E-state index contributed by atoms with van der Waals surface area (Å²) in [4.78, 5) is 0. The van der Waals surface area contributed by atoms with Gasteiger partial charge in [0.1, 0.15) is 0 Å². The van der Waals surface area contributed by atoms with Gasteiger partial charge in [-0.15, -0.1) is 0 Å². The summed E-state index contributed by atoms with van der Waals surface area (Å²) in [5.41, 5.74) is 0. The Bertz CT molecular complexity index is 9.61. The maximum absolute atomic E-state index is 0. The summed E-state index contributed by atoms with van der Waals surface area (Å²) >= 11 is 0. The first-order valence-corrected chi connectivity index (χ1v) is 0. The predicted octanol–water partition coefficient (Wildman–Crippen LogP) is -6.23. The first-order valence-electron chi connectivity index (χ1n) is 0. The molecule has 0 saturated carbocycles. The van der Waals surface area contributed by atoms with Gasteiger partial charge in [0, 0.05) is 0 Å². The SMILES string of the molecule is [Cs+].[La+3].[Li+].[O-2].[O-2]. The Balaban J connectivity index is 0. The minimum Gasteiger partial charge on any atom is -2.00 e. The smallest absolute Gasteiger partial charge is 2.00 e. The summed E-state index contributed by atoms with van der Waals surface area (Å²) in [5, 5.41) is 0. The molecule has 0 saturated heterocycles. The maximum atomic E-state index is 0. The molecule has 2 nitrogen and oxygen atoms in total. The van der Waals surface area contributed by atoms with Crippen molar-refractivity contribution in [3.63, 3.8) is 0 Å². The second kappa shape index (κ2) is 25.1. The third-order valence-electron chi connectivity index (χ3n) is 0. The van der Waals surface area contributed by atoms with Crippen molar-refractivity contribution in [2.24, 2.45) is 0 Å². The molecule has 5 heavy (non-hydrogen) atoms. The predicted molar refractivity (Wildman–Crippen MR) is 1.37 cm³/mol. The summed E-state index contributed by atoms with van der Waals surface area (Å²) in [6, 6.07) is 0. The zero-order valence-corrected chi connectivity index (χ0v) is 13.3. The van der Waals surface area contributed by atoms with Gasteiger partial charge >= 0.3 is 123 Å². The molecule has 0 aromatic carbocycles. The summed E-state index contributed by atoms with van der Waals surface area (Å²) in [6.45, 7) is 0. The molecule has 0 radical (unpaired) electrons. The van der Waals surface area contributed by atoms with Crippen molar-refractivity contribution >= 4 is 0 Å². The van der Waals surface area contributed by atoms with Crippen LogP contribution in [0.5, 0.6) is 0 Å². The van der Waals surface area contributed by atoms with Crippen LogP contribution in [0, 0.1) is 35.6 Å². The van der Waals surface area contributed by atoms with Gasteiger partial charge in [-0.25, -0.2) is 0 Å². The van der Waals surface area contributed by atoms with Crippen LogP contribution < -0.4 is 87.8 Å². The van der Waals surface area contributed by atoms with Gasteiger partial charge in [-0.05, 0) is 0 Å². The number of hydrogen-bond acceptors (Lipinski definition) is 0. The molecule has 0 aliphatic rings. The van der Waals surface area contributed by atoms with Crippen LogP contribution in [0.4, 0.5) is 0 Å². The van der Waals surface area contributed by atoms with Crippen LogP contribution in [0.2, 0.25) is 0 Å². The van der Waals surface area contributed by atoms with E-state index in [1.165, 1.54) is 0 Å². The molecule has 0 N–H and O–H groups in total. The monoisotopic (exact) mass is 311 g/mol. The van der Waals surface area contributed by atoms with E-state index in [-0.39, 0.29) is 134 Å². The van der Waals surface area contributed by atoms with E-state index >= 15 is 0 Å². The van der Waals surface area contributed by atoms with Crippen molar-refractivity contribution in [3.05, 3.63) is 0 Å². The Hall–Kier alpha value is 3.76. The van der Waals surface area contributed by atoms with Gasteiger partial charge in [0.05, 0.1) is 0 Å². The summed E-state index contributed by atoms with van der Waals surface area (Å²) < 4.78 is 0. The van der Waals surface area contributed by atoms with E-state index < -0.39 is 0 Å². The molecule has 0 bridgehead atoms. The van der Waals surface area contributed by atoms with Gasteiger partial charge in [0.25, 0.3) is 0 Å². The second-order valence-electron chi connectivity index (χ2n) is 0. The van der Waals surface area contributed by atoms with E-state index in [0.717, 1.165) is 0 Å². The summed E-state index contributed by atoms with van der Waals surface area (Å²) in [7, 11) is 0. The Morgan fingerprint density at radius 1 is 0.800 bits per heavy atom. The van der Waals surface area contributed by atoms with Crippen LogP contribution in [-0.2, 0) is 11.0 Å². The number of rotatable bonds is 0. The molecule has 0 aliphatic carbocycles. The van der Waals surface area contributed by atoms with E-state index in [1.54, 1.807) is 0 Å². The molecular formula is CsLaLiO2+. The third-order valence-corrected chi connectivity index (χ3v) is 0. The van der Waals surface area contributed by atoms with Crippen molar-refractivity contribution in [2.75, 3.05) is 0 Å². The zero-order chi connectivity index (χ0) is 0. The van der Waals surface area contributed by atoms with Crippen LogP contribution >= 0.6 is 0 Å². The molecular weight excluding hydrogens is 311 g/mol. The molecule has 0 aliphatic heterocycles. The molecule has 0 rings (SSSR count). The Labute approximate surface area is 130 Å².